The second kappa shape index (κ2) is 7.47. The number of aryl methyl sites for hydroxylation is 1. The summed E-state index contributed by atoms with van der Waals surface area (Å²) in [5, 5.41) is 4.57. The number of carbonyl (C=O) groups is 1. The lowest BCUT2D eigenvalue weighted by atomic mass is 10.1. The Labute approximate surface area is 156 Å². The zero-order valence-corrected chi connectivity index (χ0v) is 15.4. The molecule has 0 saturated carbocycles. The zero-order chi connectivity index (χ0) is 17.1. The first-order valence-corrected chi connectivity index (χ1v) is 8.63. The van der Waals surface area contributed by atoms with E-state index in [1.165, 1.54) is 12.3 Å². The van der Waals surface area contributed by atoms with Gasteiger partial charge in [0, 0.05) is 35.1 Å². The molecule has 0 radical (unpaired) electrons. The number of benzene rings is 1. The topological polar surface area (TPSA) is 56.0 Å². The summed E-state index contributed by atoms with van der Waals surface area (Å²) >= 11 is 15.2. The van der Waals surface area contributed by atoms with Gasteiger partial charge in [-0.1, -0.05) is 56.4 Å². The Kier molecular flexibility index (Phi) is 5.33. The van der Waals surface area contributed by atoms with Crippen molar-refractivity contribution >= 4 is 44.9 Å². The molecule has 1 aromatic carbocycles. The van der Waals surface area contributed by atoms with Crippen LogP contribution in [0.4, 0.5) is 0 Å². The quantitative estimate of drug-likeness (QED) is 0.393. The van der Waals surface area contributed by atoms with Gasteiger partial charge in [0.15, 0.2) is 5.78 Å². The fourth-order valence-corrected chi connectivity index (χ4v) is 2.97. The van der Waals surface area contributed by atoms with Crippen LogP contribution >= 0.6 is 39.1 Å². The monoisotopic (exact) mass is 424 g/mol. The summed E-state index contributed by atoms with van der Waals surface area (Å²) in [4.78, 5) is 16.1. The highest BCUT2D eigenvalue weighted by Crippen LogP contribution is 2.24. The molecule has 3 aromatic rings. The van der Waals surface area contributed by atoms with Crippen molar-refractivity contribution in [1.82, 2.24) is 10.1 Å². The predicted molar refractivity (Wildman–Crippen MR) is 96.5 cm³/mol. The Hall–Kier alpha value is -1.69. The number of halogens is 3. The fourth-order valence-electron chi connectivity index (χ4n) is 2.20. The zero-order valence-electron chi connectivity index (χ0n) is 12.3. The molecule has 0 aliphatic heterocycles. The van der Waals surface area contributed by atoms with E-state index < -0.39 is 0 Å². The van der Waals surface area contributed by atoms with Crippen molar-refractivity contribution in [3.63, 3.8) is 0 Å². The summed E-state index contributed by atoms with van der Waals surface area (Å²) < 4.78 is 6.27. The van der Waals surface area contributed by atoms with Crippen LogP contribution in [-0.2, 0) is 6.42 Å². The third-order valence-electron chi connectivity index (χ3n) is 3.38. The fraction of sp³-hybridized carbons (Fsp3) is 0.118. The van der Waals surface area contributed by atoms with Crippen molar-refractivity contribution in [3.8, 4) is 11.3 Å². The lowest BCUT2D eigenvalue weighted by molar-refractivity contribution is 0.0980. The van der Waals surface area contributed by atoms with E-state index in [0.29, 0.717) is 22.8 Å². The van der Waals surface area contributed by atoms with E-state index in [2.05, 4.69) is 26.1 Å². The largest absolute Gasteiger partial charge is 0.361 e. The average Bonchev–Trinajstić information content (AvgIpc) is 3.04. The molecule has 0 unspecified atom stereocenters. The molecule has 2 aromatic heterocycles. The Morgan fingerprint density at radius 1 is 1.21 bits per heavy atom. The van der Waals surface area contributed by atoms with Crippen molar-refractivity contribution < 1.29 is 9.32 Å². The van der Waals surface area contributed by atoms with Gasteiger partial charge >= 0.3 is 0 Å². The molecule has 3 rings (SSSR count). The number of ketones is 1. The van der Waals surface area contributed by atoms with E-state index in [1.54, 1.807) is 0 Å². The van der Waals surface area contributed by atoms with Crippen LogP contribution < -0.4 is 0 Å². The Balaban J connectivity index is 1.69. The average molecular weight is 426 g/mol. The predicted octanol–water partition coefficient (Wildman–Crippen LogP) is 5.62. The van der Waals surface area contributed by atoms with Crippen LogP contribution in [-0.4, -0.2) is 15.9 Å². The van der Waals surface area contributed by atoms with Gasteiger partial charge in [0.25, 0.3) is 0 Å². The SMILES string of the molecule is O=C(CCc1cc(-c2cccc(Br)c2)no1)c1cc(Cl)cnc1Cl. The summed E-state index contributed by atoms with van der Waals surface area (Å²) in [6, 6.07) is 11.1. The van der Waals surface area contributed by atoms with Gasteiger partial charge in [-0.3, -0.25) is 4.79 Å². The molecule has 0 saturated heterocycles. The molecular formula is C17H11BrCl2N2O2. The van der Waals surface area contributed by atoms with Crippen LogP contribution in [0.2, 0.25) is 10.2 Å². The second-order valence-corrected chi connectivity index (χ2v) is 6.81. The van der Waals surface area contributed by atoms with E-state index in [4.69, 9.17) is 27.7 Å². The summed E-state index contributed by atoms with van der Waals surface area (Å²) in [5.74, 6) is 0.486. The van der Waals surface area contributed by atoms with Crippen LogP contribution in [0, 0.1) is 0 Å². The van der Waals surface area contributed by atoms with E-state index in [-0.39, 0.29) is 17.4 Å². The third kappa shape index (κ3) is 4.04. The molecule has 0 spiro atoms. The van der Waals surface area contributed by atoms with Gasteiger partial charge < -0.3 is 4.52 Å². The Bertz CT molecular complexity index is 896. The minimum absolute atomic E-state index is 0.143. The number of rotatable bonds is 5. The Morgan fingerprint density at radius 2 is 2.04 bits per heavy atom. The second-order valence-electron chi connectivity index (χ2n) is 5.10. The lowest BCUT2D eigenvalue weighted by Crippen LogP contribution is -2.03. The van der Waals surface area contributed by atoms with Gasteiger partial charge in [-0.25, -0.2) is 4.98 Å². The summed E-state index contributed by atoms with van der Waals surface area (Å²) in [5.41, 5.74) is 1.98. The minimum atomic E-state index is -0.143. The normalized spacial score (nSPS) is 10.8. The molecule has 7 heteroatoms. The molecule has 0 aliphatic rings. The van der Waals surface area contributed by atoms with E-state index >= 15 is 0 Å². The number of hydrogen-bond acceptors (Lipinski definition) is 4. The molecule has 0 fully saturated rings. The van der Waals surface area contributed by atoms with Crippen molar-refractivity contribution in [1.29, 1.82) is 0 Å². The summed E-state index contributed by atoms with van der Waals surface area (Å²) in [6.07, 6.45) is 2.05. The number of Topliss-reactive ketones (excluding diaryl/α,β-unsaturated/α-hetero) is 1. The van der Waals surface area contributed by atoms with Gasteiger partial charge in [-0.05, 0) is 18.2 Å². The molecule has 24 heavy (non-hydrogen) atoms. The van der Waals surface area contributed by atoms with Gasteiger partial charge in [0.2, 0.25) is 0 Å². The van der Waals surface area contributed by atoms with Gasteiger partial charge in [0.05, 0.1) is 10.6 Å². The highest BCUT2D eigenvalue weighted by molar-refractivity contribution is 9.10. The molecule has 0 amide bonds. The number of carbonyl (C=O) groups excluding carboxylic acids is 1. The van der Waals surface area contributed by atoms with Gasteiger partial charge in [-0.15, -0.1) is 0 Å². The van der Waals surface area contributed by atoms with Crippen LogP contribution in [0.5, 0.6) is 0 Å². The summed E-state index contributed by atoms with van der Waals surface area (Å²) in [7, 11) is 0. The molecule has 0 N–H and O–H groups in total. The highest BCUT2D eigenvalue weighted by atomic mass is 79.9. The van der Waals surface area contributed by atoms with E-state index in [0.717, 1.165) is 15.7 Å². The first-order chi connectivity index (χ1) is 11.5. The number of nitrogens with zero attached hydrogens (tertiary/aromatic N) is 2. The van der Waals surface area contributed by atoms with Crippen molar-refractivity contribution in [2.75, 3.05) is 0 Å². The molecular weight excluding hydrogens is 415 g/mol. The molecule has 4 nitrogen and oxygen atoms in total. The van der Waals surface area contributed by atoms with Crippen molar-refractivity contribution in [2.24, 2.45) is 0 Å². The van der Waals surface area contributed by atoms with Crippen LogP contribution in [0.3, 0.4) is 0 Å². The maximum Gasteiger partial charge on any atom is 0.166 e. The minimum Gasteiger partial charge on any atom is -0.361 e. The van der Waals surface area contributed by atoms with Crippen molar-refractivity contribution in [3.05, 3.63) is 68.6 Å². The van der Waals surface area contributed by atoms with Crippen molar-refractivity contribution in [2.45, 2.75) is 12.8 Å². The van der Waals surface area contributed by atoms with E-state index in [1.807, 2.05) is 30.3 Å². The van der Waals surface area contributed by atoms with Crippen LogP contribution in [0.15, 0.2) is 51.6 Å². The first-order valence-electron chi connectivity index (χ1n) is 7.09. The lowest BCUT2D eigenvalue weighted by Gasteiger charge is -2.02. The molecule has 122 valence electrons. The van der Waals surface area contributed by atoms with Crippen LogP contribution in [0.25, 0.3) is 11.3 Å². The standard InChI is InChI=1S/C17H11BrCl2N2O2/c18-11-3-1-2-10(6-11)15-8-13(24-22-15)4-5-16(23)14-7-12(19)9-21-17(14)20/h1-3,6-9H,4-5H2. The number of hydrogen-bond donors (Lipinski definition) is 0. The van der Waals surface area contributed by atoms with Gasteiger partial charge in [-0.2, -0.15) is 0 Å². The highest BCUT2D eigenvalue weighted by Gasteiger charge is 2.14. The summed E-state index contributed by atoms with van der Waals surface area (Å²) in [6.45, 7) is 0. The molecule has 2 heterocycles. The molecule has 0 bridgehead atoms. The first kappa shape index (κ1) is 17.1. The van der Waals surface area contributed by atoms with E-state index in [9.17, 15) is 4.79 Å². The number of pyridine rings is 1. The Morgan fingerprint density at radius 3 is 2.83 bits per heavy atom. The maximum absolute atomic E-state index is 12.3. The van der Waals surface area contributed by atoms with Gasteiger partial charge in [0.1, 0.15) is 16.6 Å². The molecule has 0 aliphatic carbocycles. The third-order valence-corrected chi connectivity index (χ3v) is 4.39. The van der Waals surface area contributed by atoms with Crippen LogP contribution in [0.1, 0.15) is 22.5 Å². The molecule has 0 atom stereocenters. The number of aromatic nitrogens is 2. The maximum atomic E-state index is 12.3. The smallest absolute Gasteiger partial charge is 0.166 e.